The van der Waals surface area contributed by atoms with Crippen LogP contribution in [-0.2, 0) is 4.74 Å². The summed E-state index contributed by atoms with van der Waals surface area (Å²) in [6.45, 7) is 6.01. The average Bonchev–Trinajstić information content (AvgIpc) is 3.09. The van der Waals surface area contributed by atoms with Crippen LogP contribution in [0, 0.1) is 18.8 Å². The van der Waals surface area contributed by atoms with E-state index in [9.17, 15) is 4.79 Å². The van der Waals surface area contributed by atoms with Gasteiger partial charge in [0.05, 0.1) is 17.0 Å². The van der Waals surface area contributed by atoms with Crippen LogP contribution in [0.5, 0.6) is 0 Å². The molecule has 7 heteroatoms. The third-order valence-corrected chi connectivity index (χ3v) is 6.16. The lowest BCUT2D eigenvalue weighted by molar-refractivity contribution is 0.0151. The highest BCUT2D eigenvalue weighted by molar-refractivity contribution is 7.13. The van der Waals surface area contributed by atoms with Crippen LogP contribution in [0.3, 0.4) is 0 Å². The lowest BCUT2D eigenvalue weighted by Crippen LogP contribution is -2.49. The molecule has 1 aromatic heterocycles. The first-order valence-corrected chi connectivity index (χ1v) is 9.73. The molecule has 0 spiro atoms. The maximum Gasteiger partial charge on any atom is 0.412 e. The van der Waals surface area contributed by atoms with Crippen LogP contribution in [0.1, 0.15) is 18.4 Å². The first-order chi connectivity index (χ1) is 12.2. The van der Waals surface area contributed by atoms with Crippen molar-refractivity contribution in [1.29, 1.82) is 0 Å². The van der Waals surface area contributed by atoms with Gasteiger partial charge >= 0.3 is 6.09 Å². The van der Waals surface area contributed by atoms with Crippen molar-refractivity contribution in [2.75, 3.05) is 31.6 Å². The zero-order valence-corrected chi connectivity index (χ0v) is 16.4. The quantitative estimate of drug-likeness (QED) is 0.834. The third kappa shape index (κ3) is 4.19. The molecule has 0 radical (unpaired) electrons. The summed E-state index contributed by atoms with van der Waals surface area (Å²) in [6, 6.07) is 8.20. The number of aryl methyl sites for hydroxylation is 1. The lowest BCUT2D eigenvalue weighted by Gasteiger charge is -2.44. The molecular formula is C19H24ClN3O2S. The Balaban J connectivity index is 0.00000196. The SMILES string of the molecule is Cc1cccc(-c2scnc2NC(=O)OCC2CN3CCC2CC3)c1.Cl. The summed E-state index contributed by atoms with van der Waals surface area (Å²) >= 11 is 1.52. The number of carbonyl (C=O) groups excluding carboxylic acids is 1. The first-order valence-electron chi connectivity index (χ1n) is 8.85. The number of nitrogens with zero attached hydrogens (tertiary/aromatic N) is 2. The summed E-state index contributed by atoms with van der Waals surface area (Å²) in [5.74, 6) is 1.76. The molecule has 3 fully saturated rings. The number of fused-ring (bicyclic) bond motifs is 3. The first kappa shape index (κ1) is 19.1. The minimum absolute atomic E-state index is 0. The molecule has 3 saturated heterocycles. The second-order valence-corrected chi connectivity index (χ2v) is 7.88. The number of hydrogen-bond donors (Lipinski definition) is 1. The zero-order valence-electron chi connectivity index (χ0n) is 14.8. The van der Waals surface area contributed by atoms with Gasteiger partial charge in [-0.05, 0) is 44.3 Å². The zero-order chi connectivity index (χ0) is 17.2. The smallest absolute Gasteiger partial charge is 0.412 e. The highest BCUT2D eigenvalue weighted by Crippen LogP contribution is 2.33. The topological polar surface area (TPSA) is 54.5 Å². The number of thiazole rings is 1. The summed E-state index contributed by atoms with van der Waals surface area (Å²) in [7, 11) is 0. The largest absolute Gasteiger partial charge is 0.449 e. The fourth-order valence-electron chi connectivity index (χ4n) is 3.92. The number of benzene rings is 1. The monoisotopic (exact) mass is 393 g/mol. The van der Waals surface area contributed by atoms with Gasteiger partial charge in [-0.15, -0.1) is 23.7 Å². The molecular weight excluding hydrogens is 370 g/mol. The van der Waals surface area contributed by atoms with E-state index in [1.54, 1.807) is 5.51 Å². The molecule has 140 valence electrons. The predicted molar refractivity (Wildman–Crippen MR) is 107 cm³/mol. The molecule has 1 N–H and O–H groups in total. The Morgan fingerprint density at radius 3 is 2.88 bits per heavy atom. The van der Waals surface area contributed by atoms with Crippen molar-refractivity contribution < 1.29 is 9.53 Å². The molecule has 2 aromatic rings. The average molecular weight is 394 g/mol. The van der Waals surface area contributed by atoms with Gasteiger partial charge in [-0.3, -0.25) is 5.32 Å². The fourth-order valence-corrected chi connectivity index (χ4v) is 4.66. The number of piperidine rings is 3. The summed E-state index contributed by atoms with van der Waals surface area (Å²) < 4.78 is 5.51. The van der Waals surface area contributed by atoms with Gasteiger partial charge in [0.15, 0.2) is 5.82 Å². The molecule has 4 heterocycles. The molecule has 0 saturated carbocycles. The van der Waals surface area contributed by atoms with Gasteiger partial charge in [0.25, 0.3) is 0 Å². The van der Waals surface area contributed by atoms with Crippen molar-refractivity contribution in [3.05, 3.63) is 35.3 Å². The highest BCUT2D eigenvalue weighted by atomic mass is 35.5. The van der Waals surface area contributed by atoms with E-state index in [-0.39, 0.29) is 12.4 Å². The van der Waals surface area contributed by atoms with Gasteiger partial charge in [0.1, 0.15) is 0 Å². The Kier molecular flexibility index (Phi) is 6.16. The Hall–Kier alpha value is -1.63. The van der Waals surface area contributed by atoms with E-state index < -0.39 is 6.09 Å². The van der Waals surface area contributed by atoms with Gasteiger partial charge < -0.3 is 9.64 Å². The molecule has 1 amide bonds. The summed E-state index contributed by atoms with van der Waals surface area (Å²) in [5.41, 5.74) is 4.00. The van der Waals surface area contributed by atoms with E-state index in [4.69, 9.17) is 4.74 Å². The van der Waals surface area contributed by atoms with Crippen LogP contribution < -0.4 is 5.32 Å². The molecule has 5 nitrogen and oxygen atoms in total. The number of anilines is 1. The number of rotatable bonds is 4. The Morgan fingerprint density at radius 1 is 1.38 bits per heavy atom. The number of ether oxygens (including phenoxy) is 1. The molecule has 0 aliphatic carbocycles. The van der Waals surface area contributed by atoms with E-state index in [0.29, 0.717) is 24.3 Å². The van der Waals surface area contributed by atoms with E-state index in [2.05, 4.69) is 34.3 Å². The maximum atomic E-state index is 12.2. The van der Waals surface area contributed by atoms with Crippen molar-refractivity contribution in [2.24, 2.45) is 11.8 Å². The van der Waals surface area contributed by atoms with Crippen molar-refractivity contribution in [2.45, 2.75) is 19.8 Å². The molecule has 5 rings (SSSR count). The van der Waals surface area contributed by atoms with Crippen LogP contribution >= 0.6 is 23.7 Å². The summed E-state index contributed by atoms with van der Waals surface area (Å²) in [4.78, 5) is 20.0. The van der Waals surface area contributed by atoms with Gasteiger partial charge in [-0.25, -0.2) is 9.78 Å². The van der Waals surface area contributed by atoms with Crippen LogP contribution in [0.2, 0.25) is 0 Å². The molecule has 3 aliphatic rings. The second-order valence-electron chi connectivity index (χ2n) is 7.02. The number of halogens is 1. The molecule has 1 atom stereocenters. The molecule has 2 bridgehead atoms. The van der Waals surface area contributed by atoms with E-state index in [1.807, 2.05) is 12.1 Å². The predicted octanol–water partition coefficient (Wildman–Crippen LogP) is 4.43. The highest BCUT2D eigenvalue weighted by Gasteiger charge is 2.34. The normalized spacial score (nSPS) is 24.0. The van der Waals surface area contributed by atoms with Crippen LogP contribution in [0.4, 0.5) is 10.6 Å². The van der Waals surface area contributed by atoms with Crippen LogP contribution in [-0.4, -0.2) is 42.2 Å². The van der Waals surface area contributed by atoms with E-state index in [0.717, 1.165) is 17.0 Å². The minimum atomic E-state index is -0.406. The van der Waals surface area contributed by atoms with Gasteiger partial charge in [-0.1, -0.05) is 29.8 Å². The Labute approximate surface area is 164 Å². The van der Waals surface area contributed by atoms with Crippen molar-refractivity contribution in [3.63, 3.8) is 0 Å². The van der Waals surface area contributed by atoms with E-state index >= 15 is 0 Å². The molecule has 1 aromatic carbocycles. The number of amides is 1. The second kappa shape index (κ2) is 8.37. The maximum absolute atomic E-state index is 12.2. The van der Waals surface area contributed by atoms with E-state index in [1.165, 1.54) is 42.8 Å². The molecule has 1 unspecified atom stereocenters. The fraction of sp³-hybridized carbons (Fsp3) is 0.474. The number of nitrogens with one attached hydrogen (secondary N) is 1. The Morgan fingerprint density at radius 2 is 2.19 bits per heavy atom. The van der Waals surface area contributed by atoms with Crippen LogP contribution in [0.25, 0.3) is 10.4 Å². The summed E-state index contributed by atoms with van der Waals surface area (Å²) in [5, 5.41) is 2.82. The van der Waals surface area contributed by atoms with Gasteiger partial charge in [-0.2, -0.15) is 0 Å². The van der Waals surface area contributed by atoms with Gasteiger partial charge in [0, 0.05) is 12.5 Å². The van der Waals surface area contributed by atoms with Crippen molar-refractivity contribution in [3.8, 4) is 10.4 Å². The number of aromatic nitrogens is 1. The van der Waals surface area contributed by atoms with Crippen LogP contribution in [0.15, 0.2) is 29.8 Å². The molecule has 3 aliphatic heterocycles. The molecule has 26 heavy (non-hydrogen) atoms. The van der Waals surface area contributed by atoms with Crippen molar-refractivity contribution >= 4 is 35.7 Å². The minimum Gasteiger partial charge on any atom is -0.449 e. The third-order valence-electron chi connectivity index (χ3n) is 5.29. The summed E-state index contributed by atoms with van der Waals surface area (Å²) in [6.07, 6.45) is 2.06. The number of hydrogen-bond acceptors (Lipinski definition) is 5. The Bertz CT molecular complexity index is 759. The standard InChI is InChI=1S/C19H23N3O2S.ClH/c1-13-3-2-4-15(9-13)17-18(20-12-25-17)21-19(23)24-11-16-10-22-7-5-14(16)6-8-22;/h2-4,9,12,14,16H,5-8,10-11H2,1H3,(H,21,23);1H. The number of carbonyl (C=O) groups is 1. The van der Waals surface area contributed by atoms with Gasteiger partial charge in [0.2, 0.25) is 0 Å². The van der Waals surface area contributed by atoms with Crippen molar-refractivity contribution in [1.82, 2.24) is 9.88 Å². The lowest BCUT2D eigenvalue weighted by atomic mass is 9.79.